The highest BCUT2D eigenvalue weighted by Crippen LogP contribution is 2.34. The Morgan fingerprint density at radius 2 is 1.71 bits per heavy atom. The fourth-order valence-corrected chi connectivity index (χ4v) is 4.26. The van der Waals surface area contributed by atoms with Crippen molar-refractivity contribution in [2.45, 2.75) is 53.1 Å². The summed E-state index contributed by atoms with van der Waals surface area (Å²) >= 11 is 0. The van der Waals surface area contributed by atoms with Crippen molar-refractivity contribution in [3.63, 3.8) is 0 Å². The molecule has 1 atom stereocenters. The highest BCUT2D eigenvalue weighted by Gasteiger charge is 2.18. The number of rotatable bonds is 9. The summed E-state index contributed by atoms with van der Waals surface area (Å²) < 4.78 is 18.5. The van der Waals surface area contributed by atoms with Crippen molar-refractivity contribution in [3.05, 3.63) is 81.6 Å². The summed E-state index contributed by atoms with van der Waals surface area (Å²) in [6.07, 6.45) is 2.59. The highest BCUT2D eigenvalue weighted by atomic mass is 16.5. The third-order valence-electron chi connectivity index (χ3n) is 6.61. The van der Waals surface area contributed by atoms with E-state index in [1.165, 1.54) is 4.68 Å². The van der Waals surface area contributed by atoms with Gasteiger partial charge in [-0.15, -0.1) is 0 Å². The standard InChI is InChI=1S/C31H35N3O4/c1-8-21(5)38-27-14-13-22(16-29(27)37-7)18-32-34-30(33-26-12-10-9-11-23(26)31(34)35)25-17-24(19(2)3)28(36-6)15-20(25)4/h9-19,21H,8H2,1-7H3/t21-/m1/s1. The van der Waals surface area contributed by atoms with Crippen LogP contribution in [0, 0.1) is 6.92 Å². The number of para-hydroxylation sites is 1. The van der Waals surface area contributed by atoms with Crippen LogP contribution in [0.3, 0.4) is 0 Å². The summed E-state index contributed by atoms with van der Waals surface area (Å²) in [5.74, 6) is 2.77. The first-order valence-electron chi connectivity index (χ1n) is 12.9. The molecule has 0 aliphatic rings. The van der Waals surface area contributed by atoms with Gasteiger partial charge in [0.05, 0.1) is 37.4 Å². The van der Waals surface area contributed by atoms with Crippen LogP contribution in [0.1, 0.15) is 56.7 Å². The predicted octanol–water partition coefficient (Wildman–Crippen LogP) is 6.57. The van der Waals surface area contributed by atoms with E-state index in [9.17, 15) is 4.79 Å². The minimum absolute atomic E-state index is 0.0664. The van der Waals surface area contributed by atoms with Gasteiger partial charge >= 0.3 is 0 Å². The molecule has 198 valence electrons. The molecule has 0 aliphatic heterocycles. The van der Waals surface area contributed by atoms with Crippen molar-refractivity contribution < 1.29 is 14.2 Å². The molecule has 1 aromatic heterocycles. The summed E-state index contributed by atoms with van der Waals surface area (Å²) in [6.45, 7) is 10.3. The maximum Gasteiger partial charge on any atom is 0.282 e. The molecule has 0 unspecified atom stereocenters. The molecule has 4 rings (SSSR count). The fourth-order valence-electron chi connectivity index (χ4n) is 4.26. The van der Waals surface area contributed by atoms with Crippen LogP contribution in [0.5, 0.6) is 17.2 Å². The van der Waals surface area contributed by atoms with Gasteiger partial charge in [0.25, 0.3) is 5.56 Å². The molecule has 0 saturated carbocycles. The number of hydrogen-bond donors (Lipinski definition) is 0. The molecule has 7 heteroatoms. The van der Waals surface area contributed by atoms with Crippen LogP contribution in [-0.4, -0.2) is 36.2 Å². The van der Waals surface area contributed by atoms with Crippen LogP contribution in [0.4, 0.5) is 0 Å². The second kappa shape index (κ2) is 11.5. The molecular formula is C31H35N3O4. The SMILES string of the molecule is CC[C@@H](C)Oc1ccc(C=Nn2c(-c3cc(C(C)C)c(OC)cc3C)nc3ccccc3c2=O)cc1OC. The van der Waals surface area contributed by atoms with Gasteiger partial charge in [-0.3, -0.25) is 4.79 Å². The summed E-state index contributed by atoms with van der Waals surface area (Å²) in [5, 5.41) is 5.13. The Morgan fingerprint density at radius 3 is 2.39 bits per heavy atom. The number of methoxy groups -OCH3 is 2. The summed E-state index contributed by atoms with van der Waals surface area (Å²) in [7, 11) is 3.27. The van der Waals surface area contributed by atoms with Gasteiger partial charge in [0.15, 0.2) is 17.3 Å². The number of fused-ring (bicyclic) bond motifs is 1. The van der Waals surface area contributed by atoms with E-state index in [2.05, 4.69) is 25.9 Å². The molecule has 3 aromatic carbocycles. The van der Waals surface area contributed by atoms with E-state index in [4.69, 9.17) is 19.2 Å². The van der Waals surface area contributed by atoms with Gasteiger partial charge in [-0.2, -0.15) is 9.78 Å². The normalized spacial score (nSPS) is 12.3. The first-order chi connectivity index (χ1) is 18.3. The van der Waals surface area contributed by atoms with Gasteiger partial charge < -0.3 is 14.2 Å². The Balaban J connectivity index is 1.88. The van der Waals surface area contributed by atoms with Crippen LogP contribution in [-0.2, 0) is 0 Å². The monoisotopic (exact) mass is 513 g/mol. The second-order valence-corrected chi connectivity index (χ2v) is 9.62. The second-order valence-electron chi connectivity index (χ2n) is 9.62. The van der Waals surface area contributed by atoms with Gasteiger partial charge in [-0.25, -0.2) is 4.98 Å². The van der Waals surface area contributed by atoms with Crippen molar-refractivity contribution >= 4 is 17.1 Å². The van der Waals surface area contributed by atoms with Gasteiger partial charge in [0.1, 0.15) is 5.75 Å². The zero-order valence-electron chi connectivity index (χ0n) is 23.1. The molecule has 0 N–H and O–H groups in total. The van der Waals surface area contributed by atoms with Crippen LogP contribution >= 0.6 is 0 Å². The third-order valence-corrected chi connectivity index (χ3v) is 6.61. The van der Waals surface area contributed by atoms with Crippen molar-refractivity contribution in [3.8, 4) is 28.6 Å². The lowest BCUT2D eigenvalue weighted by Gasteiger charge is -2.17. The highest BCUT2D eigenvalue weighted by molar-refractivity contribution is 5.83. The number of hydrogen-bond acceptors (Lipinski definition) is 6. The van der Waals surface area contributed by atoms with E-state index >= 15 is 0 Å². The Labute approximate surface area is 223 Å². The third kappa shape index (κ3) is 5.42. The number of nitrogens with zero attached hydrogens (tertiary/aromatic N) is 3. The largest absolute Gasteiger partial charge is 0.496 e. The van der Waals surface area contributed by atoms with E-state index in [1.54, 1.807) is 26.5 Å². The zero-order chi connectivity index (χ0) is 27.4. The van der Waals surface area contributed by atoms with Crippen molar-refractivity contribution in [1.82, 2.24) is 9.66 Å². The Morgan fingerprint density at radius 1 is 0.974 bits per heavy atom. The van der Waals surface area contributed by atoms with Crippen LogP contribution in [0.15, 0.2) is 64.5 Å². The molecule has 4 aromatic rings. The topological polar surface area (TPSA) is 74.9 Å². The minimum Gasteiger partial charge on any atom is -0.496 e. The maximum atomic E-state index is 13.7. The average Bonchev–Trinajstić information content (AvgIpc) is 2.92. The lowest BCUT2D eigenvalue weighted by Crippen LogP contribution is -2.20. The molecule has 0 radical (unpaired) electrons. The molecule has 0 bridgehead atoms. The first-order valence-corrected chi connectivity index (χ1v) is 12.9. The maximum absolute atomic E-state index is 13.7. The van der Waals surface area contributed by atoms with E-state index in [0.29, 0.717) is 28.2 Å². The average molecular weight is 514 g/mol. The van der Waals surface area contributed by atoms with E-state index < -0.39 is 0 Å². The molecule has 0 spiro atoms. The van der Waals surface area contributed by atoms with E-state index in [0.717, 1.165) is 34.4 Å². The van der Waals surface area contributed by atoms with E-state index in [1.807, 2.05) is 62.4 Å². The van der Waals surface area contributed by atoms with Gasteiger partial charge in [-0.1, -0.05) is 32.9 Å². The molecule has 0 amide bonds. The van der Waals surface area contributed by atoms with Gasteiger partial charge in [0.2, 0.25) is 0 Å². The molecule has 0 aliphatic carbocycles. The quantitative estimate of drug-likeness (QED) is 0.237. The van der Waals surface area contributed by atoms with Crippen LogP contribution in [0.25, 0.3) is 22.3 Å². The zero-order valence-corrected chi connectivity index (χ0v) is 23.1. The smallest absolute Gasteiger partial charge is 0.282 e. The van der Waals surface area contributed by atoms with Gasteiger partial charge in [0, 0.05) is 5.56 Å². The fraction of sp³-hybridized carbons (Fsp3) is 0.323. The minimum atomic E-state index is -0.244. The van der Waals surface area contributed by atoms with Gasteiger partial charge in [-0.05, 0) is 85.3 Å². The predicted molar refractivity (Wildman–Crippen MR) is 153 cm³/mol. The van der Waals surface area contributed by atoms with Crippen LogP contribution < -0.4 is 19.8 Å². The molecule has 7 nitrogen and oxygen atoms in total. The number of aryl methyl sites for hydroxylation is 1. The molecule has 38 heavy (non-hydrogen) atoms. The van der Waals surface area contributed by atoms with Crippen molar-refractivity contribution in [2.24, 2.45) is 5.10 Å². The molecule has 0 fully saturated rings. The Kier molecular flexibility index (Phi) is 8.15. The summed E-state index contributed by atoms with van der Waals surface area (Å²) in [6, 6.07) is 16.9. The number of ether oxygens (including phenoxy) is 3. The Bertz CT molecular complexity index is 1540. The molecule has 0 saturated heterocycles. The van der Waals surface area contributed by atoms with Crippen LogP contribution in [0.2, 0.25) is 0 Å². The summed E-state index contributed by atoms with van der Waals surface area (Å²) in [4.78, 5) is 18.6. The van der Waals surface area contributed by atoms with Crippen molar-refractivity contribution in [2.75, 3.05) is 14.2 Å². The Hall–Kier alpha value is -4.13. The van der Waals surface area contributed by atoms with Crippen molar-refractivity contribution in [1.29, 1.82) is 0 Å². The molecular weight excluding hydrogens is 478 g/mol. The lowest BCUT2D eigenvalue weighted by molar-refractivity contribution is 0.207. The van der Waals surface area contributed by atoms with E-state index in [-0.39, 0.29) is 17.6 Å². The molecule has 1 heterocycles. The number of aromatic nitrogens is 2. The number of benzene rings is 3. The lowest BCUT2D eigenvalue weighted by atomic mass is 9.96. The first kappa shape index (κ1) is 26.9. The summed E-state index contributed by atoms with van der Waals surface area (Å²) in [5.41, 5.74) is 3.93.